The van der Waals surface area contributed by atoms with Gasteiger partial charge in [0, 0.05) is 0 Å². The van der Waals surface area contributed by atoms with E-state index in [-0.39, 0.29) is 0 Å². The van der Waals surface area contributed by atoms with E-state index in [0.717, 1.165) is 0 Å². The van der Waals surface area contributed by atoms with E-state index in [1.54, 1.807) is 0 Å². The van der Waals surface area contributed by atoms with Crippen LogP contribution in [0, 0.1) is 0 Å². The highest BCUT2D eigenvalue weighted by Crippen LogP contribution is 2.25. The van der Waals surface area contributed by atoms with Crippen LogP contribution < -0.4 is 0 Å². The maximum atomic E-state index is 11.7. The zero-order chi connectivity index (χ0) is 9.78. The van der Waals surface area contributed by atoms with Crippen molar-refractivity contribution >= 4 is 5.97 Å². The number of carbonyl (C=O) groups is 1. The Morgan fingerprint density at radius 1 is 1.50 bits per heavy atom. The van der Waals surface area contributed by atoms with Crippen molar-refractivity contribution < 1.29 is 32.2 Å². The average Bonchev–Trinajstić information content (AvgIpc) is 1.83. The number of carboxylic acid groups (broad SMARTS) is 1. The van der Waals surface area contributed by atoms with Crippen molar-refractivity contribution in [3.05, 3.63) is 0 Å². The minimum Gasteiger partial charge on any atom is -0.481 e. The number of ether oxygens (including phenoxy) is 1. The highest BCUT2D eigenvalue weighted by molar-refractivity contribution is 5.67. The first-order valence-electron chi connectivity index (χ1n) is 2.84. The van der Waals surface area contributed by atoms with E-state index in [1.807, 2.05) is 0 Å². The Kier molecular flexibility index (Phi) is 3.94. The molecule has 0 aliphatic rings. The molecule has 0 heterocycles. The first-order chi connectivity index (χ1) is 5.38. The van der Waals surface area contributed by atoms with Crippen LogP contribution in [0.25, 0.3) is 0 Å². The van der Waals surface area contributed by atoms with Crippen LogP contribution >= 0.6 is 0 Å². The van der Waals surface area contributed by atoms with Gasteiger partial charge in [-0.3, -0.25) is 4.79 Å². The molecule has 0 rings (SSSR count). The third-order valence-corrected chi connectivity index (χ3v) is 0.989. The van der Waals surface area contributed by atoms with Crippen LogP contribution in [0.4, 0.5) is 17.6 Å². The van der Waals surface area contributed by atoms with Gasteiger partial charge in [-0.15, -0.1) is 0 Å². The Hall–Kier alpha value is -0.850. The Labute approximate surface area is 64.9 Å². The second-order valence-corrected chi connectivity index (χ2v) is 1.90. The Morgan fingerprint density at radius 2 is 2.00 bits per heavy atom. The van der Waals surface area contributed by atoms with Gasteiger partial charge < -0.3 is 9.84 Å². The van der Waals surface area contributed by atoms with Crippen LogP contribution in [0.15, 0.2) is 0 Å². The summed E-state index contributed by atoms with van der Waals surface area (Å²) < 4.78 is 50.0. The van der Waals surface area contributed by atoms with E-state index in [0.29, 0.717) is 0 Å². The number of rotatable bonds is 4. The molecule has 0 radical (unpaired) electrons. The summed E-state index contributed by atoms with van der Waals surface area (Å²) in [6, 6.07) is 0. The minimum atomic E-state index is -4.84. The molecule has 0 bridgehead atoms. The van der Waals surface area contributed by atoms with Gasteiger partial charge in [0.2, 0.25) is 0 Å². The monoisotopic (exact) mass is 190 g/mol. The summed E-state index contributed by atoms with van der Waals surface area (Å²) in [5.74, 6) is -1.69. The first-order valence-corrected chi connectivity index (χ1v) is 2.84. The summed E-state index contributed by atoms with van der Waals surface area (Å²) in [5.41, 5.74) is 0. The molecule has 0 aliphatic carbocycles. The van der Waals surface area contributed by atoms with Gasteiger partial charge in [0.25, 0.3) is 0 Å². The van der Waals surface area contributed by atoms with Gasteiger partial charge in [-0.05, 0) is 0 Å². The summed E-state index contributed by atoms with van der Waals surface area (Å²) in [7, 11) is 0. The van der Waals surface area contributed by atoms with Gasteiger partial charge in [0.15, 0.2) is 13.0 Å². The number of aliphatic carboxylic acids is 1. The number of hydrogen-bond donors (Lipinski definition) is 1. The molecule has 0 aromatic rings. The predicted molar refractivity (Wildman–Crippen MR) is 29.2 cm³/mol. The lowest BCUT2D eigenvalue weighted by molar-refractivity contribution is -0.232. The maximum absolute atomic E-state index is 11.7. The second kappa shape index (κ2) is 4.24. The second-order valence-electron chi connectivity index (χ2n) is 1.90. The van der Waals surface area contributed by atoms with Gasteiger partial charge in [-0.1, -0.05) is 0 Å². The van der Waals surface area contributed by atoms with Crippen molar-refractivity contribution in [1.82, 2.24) is 0 Å². The molecule has 0 saturated carbocycles. The number of hydrogen-bond acceptors (Lipinski definition) is 2. The van der Waals surface area contributed by atoms with Crippen molar-refractivity contribution in [2.75, 3.05) is 6.86 Å². The molecule has 3 nitrogen and oxygen atoms in total. The van der Waals surface area contributed by atoms with E-state index in [4.69, 9.17) is 5.11 Å². The van der Waals surface area contributed by atoms with Crippen LogP contribution in [0.2, 0.25) is 0 Å². The fourth-order valence-corrected chi connectivity index (χ4v) is 0.504. The predicted octanol–water partition coefficient (Wildman–Crippen LogP) is 1.34. The zero-order valence-corrected chi connectivity index (χ0v) is 5.77. The number of carboxylic acids is 1. The molecule has 1 N–H and O–H groups in total. The molecule has 12 heavy (non-hydrogen) atoms. The molecule has 0 aromatic heterocycles. The average molecular weight is 190 g/mol. The smallest absolute Gasteiger partial charge is 0.415 e. The maximum Gasteiger partial charge on any atom is 0.415 e. The largest absolute Gasteiger partial charge is 0.481 e. The van der Waals surface area contributed by atoms with Gasteiger partial charge in [-0.25, -0.2) is 4.39 Å². The van der Waals surface area contributed by atoms with Crippen molar-refractivity contribution in [3.63, 3.8) is 0 Å². The summed E-state index contributed by atoms with van der Waals surface area (Å²) in [6.45, 7) is -1.66. The summed E-state index contributed by atoms with van der Waals surface area (Å²) in [6.07, 6.45) is -8.70. The van der Waals surface area contributed by atoms with Gasteiger partial charge in [0.05, 0.1) is 6.42 Å². The van der Waals surface area contributed by atoms with Gasteiger partial charge >= 0.3 is 12.1 Å². The van der Waals surface area contributed by atoms with Crippen LogP contribution in [-0.2, 0) is 9.53 Å². The van der Waals surface area contributed by atoms with Crippen LogP contribution in [0.1, 0.15) is 6.42 Å². The van der Waals surface area contributed by atoms with Crippen molar-refractivity contribution in [3.8, 4) is 0 Å². The first kappa shape index (κ1) is 11.2. The summed E-state index contributed by atoms with van der Waals surface area (Å²) in [4.78, 5) is 9.83. The zero-order valence-electron chi connectivity index (χ0n) is 5.77. The SMILES string of the molecule is O=C(O)CC(OCF)C(F)(F)F. The fraction of sp³-hybridized carbons (Fsp3) is 0.800. The summed E-state index contributed by atoms with van der Waals surface area (Å²) >= 11 is 0. The number of halogens is 4. The standard InChI is InChI=1S/C5H6F4O3/c6-2-12-3(1-4(10)11)5(7,8)9/h3H,1-2H2,(H,10,11). The highest BCUT2D eigenvalue weighted by atomic mass is 19.4. The van der Waals surface area contributed by atoms with Crippen molar-refractivity contribution in [1.29, 1.82) is 0 Å². The Morgan fingerprint density at radius 3 is 2.25 bits per heavy atom. The molecule has 1 unspecified atom stereocenters. The van der Waals surface area contributed by atoms with Crippen molar-refractivity contribution in [2.24, 2.45) is 0 Å². The van der Waals surface area contributed by atoms with E-state index in [1.165, 1.54) is 0 Å². The van der Waals surface area contributed by atoms with E-state index >= 15 is 0 Å². The van der Waals surface area contributed by atoms with E-state index in [2.05, 4.69) is 4.74 Å². The fourth-order valence-electron chi connectivity index (χ4n) is 0.504. The molecule has 0 spiro atoms. The van der Waals surface area contributed by atoms with Crippen molar-refractivity contribution in [2.45, 2.75) is 18.7 Å². The molecular formula is C5H6F4O3. The number of alkyl halides is 4. The topological polar surface area (TPSA) is 46.5 Å². The quantitative estimate of drug-likeness (QED) is 0.680. The minimum absolute atomic E-state index is 1.28. The third-order valence-electron chi connectivity index (χ3n) is 0.989. The lowest BCUT2D eigenvalue weighted by Crippen LogP contribution is -2.33. The lowest BCUT2D eigenvalue weighted by atomic mass is 10.2. The molecular weight excluding hydrogens is 184 g/mol. The van der Waals surface area contributed by atoms with Crippen LogP contribution in [-0.4, -0.2) is 30.2 Å². The lowest BCUT2D eigenvalue weighted by Gasteiger charge is -2.16. The molecule has 1 atom stereocenters. The highest BCUT2D eigenvalue weighted by Gasteiger charge is 2.42. The molecule has 0 aliphatic heterocycles. The molecule has 0 fully saturated rings. The summed E-state index contributed by atoms with van der Waals surface area (Å²) in [5, 5.41) is 7.97. The van der Waals surface area contributed by atoms with E-state index in [9.17, 15) is 22.4 Å². The van der Waals surface area contributed by atoms with Crippen LogP contribution in [0.3, 0.4) is 0 Å². The third kappa shape index (κ3) is 4.12. The van der Waals surface area contributed by atoms with Gasteiger partial charge in [0.1, 0.15) is 0 Å². The van der Waals surface area contributed by atoms with E-state index < -0.39 is 31.5 Å². The molecule has 72 valence electrons. The molecule has 0 aromatic carbocycles. The van der Waals surface area contributed by atoms with Gasteiger partial charge in [-0.2, -0.15) is 13.2 Å². The Balaban J connectivity index is 4.13. The molecule has 7 heteroatoms. The normalized spacial score (nSPS) is 14.3. The van der Waals surface area contributed by atoms with Crippen LogP contribution in [0.5, 0.6) is 0 Å². The Bertz CT molecular complexity index is 155. The molecule has 0 amide bonds. The molecule has 0 saturated heterocycles.